The largest absolute Gasteiger partial charge is 0.445 e. The fourth-order valence-corrected chi connectivity index (χ4v) is 2.80. The molecule has 21 heavy (non-hydrogen) atoms. The summed E-state index contributed by atoms with van der Waals surface area (Å²) in [5.74, 6) is 0. The Balaban J connectivity index is 1.87. The van der Waals surface area contributed by atoms with Crippen molar-refractivity contribution >= 4 is 6.09 Å². The smallest absolute Gasteiger partial charge is 0.410 e. The number of hydrogen-bond acceptors (Lipinski definition) is 4. The standard InChI is InChI=1S/C16H24N2O3/c1-17(2)12-16(20)9-6-10-18(13-16)15(19)21-11-14-7-4-3-5-8-14/h3-5,7-8,20H,6,9-13H2,1-2H3. The third-order valence-electron chi connectivity index (χ3n) is 3.63. The maximum absolute atomic E-state index is 12.1. The molecule has 1 fully saturated rings. The molecular weight excluding hydrogens is 268 g/mol. The van der Waals surface area contributed by atoms with Gasteiger partial charge in [-0.05, 0) is 32.5 Å². The molecule has 0 saturated carbocycles. The van der Waals surface area contributed by atoms with E-state index < -0.39 is 5.60 Å². The maximum atomic E-state index is 12.1. The molecule has 1 aromatic carbocycles. The summed E-state index contributed by atoms with van der Waals surface area (Å²) in [6.45, 7) is 1.79. The highest BCUT2D eigenvalue weighted by Gasteiger charge is 2.36. The molecule has 5 heteroatoms. The van der Waals surface area contributed by atoms with Crippen molar-refractivity contribution in [2.24, 2.45) is 0 Å². The lowest BCUT2D eigenvalue weighted by Crippen LogP contribution is -2.54. The Morgan fingerprint density at radius 2 is 2.10 bits per heavy atom. The van der Waals surface area contributed by atoms with E-state index in [0.717, 1.165) is 12.0 Å². The van der Waals surface area contributed by atoms with Gasteiger partial charge in [0.25, 0.3) is 0 Å². The SMILES string of the molecule is CN(C)CC1(O)CCCN(C(=O)OCc2ccccc2)C1. The Labute approximate surface area is 126 Å². The minimum absolute atomic E-state index is 0.266. The van der Waals surface area contributed by atoms with Crippen LogP contribution in [0.4, 0.5) is 4.79 Å². The average molecular weight is 292 g/mol. The molecule has 5 nitrogen and oxygen atoms in total. The third kappa shape index (κ3) is 4.72. The molecule has 1 heterocycles. The molecule has 2 rings (SSSR count). The highest BCUT2D eigenvalue weighted by Crippen LogP contribution is 2.22. The minimum Gasteiger partial charge on any atom is -0.445 e. The van der Waals surface area contributed by atoms with Gasteiger partial charge in [0.15, 0.2) is 0 Å². The van der Waals surface area contributed by atoms with E-state index in [-0.39, 0.29) is 12.7 Å². The molecule has 0 aliphatic carbocycles. The van der Waals surface area contributed by atoms with Gasteiger partial charge >= 0.3 is 6.09 Å². The van der Waals surface area contributed by atoms with Crippen LogP contribution in [-0.4, -0.2) is 60.3 Å². The predicted molar refractivity (Wildman–Crippen MR) is 80.9 cm³/mol. The Morgan fingerprint density at radius 1 is 1.38 bits per heavy atom. The number of nitrogens with zero attached hydrogens (tertiary/aromatic N) is 2. The number of carbonyl (C=O) groups is 1. The van der Waals surface area contributed by atoms with E-state index >= 15 is 0 Å². The summed E-state index contributed by atoms with van der Waals surface area (Å²) in [7, 11) is 3.84. The van der Waals surface area contributed by atoms with E-state index in [0.29, 0.717) is 26.1 Å². The van der Waals surface area contributed by atoms with Gasteiger partial charge in [0.1, 0.15) is 6.61 Å². The normalized spacial score (nSPS) is 22.4. The second-order valence-corrected chi connectivity index (χ2v) is 6.03. The first-order valence-corrected chi connectivity index (χ1v) is 7.31. The van der Waals surface area contributed by atoms with E-state index in [4.69, 9.17) is 4.74 Å². The van der Waals surface area contributed by atoms with Crippen molar-refractivity contribution in [2.75, 3.05) is 33.7 Å². The fourth-order valence-electron chi connectivity index (χ4n) is 2.80. The van der Waals surface area contributed by atoms with E-state index in [1.165, 1.54) is 0 Å². The van der Waals surface area contributed by atoms with E-state index in [2.05, 4.69) is 0 Å². The molecule has 0 radical (unpaired) electrons. The number of piperidine rings is 1. The van der Waals surface area contributed by atoms with Gasteiger partial charge in [0.2, 0.25) is 0 Å². The number of benzene rings is 1. The van der Waals surface area contributed by atoms with E-state index in [1.54, 1.807) is 4.90 Å². The number of likely N-dealkylation sites (N-methyl/N-ethyl adjacent to an activating group) is 1. The molecule has 1 saturated heterocycles. The van der Waals surface area contributed by atoms with Crippen LogP contribution in [0.3, 0.4) is 0 Å². The highest BCUT2D eigenvalue weighted by molar-refractivity contribution is 5.67. The number of likely N-dealkylation sites (tertiary alicyclic amines) is 1. The summed E-state index contributed by atoms with van der Waals surface area (Å²) in [6.07, 6.45) is 1.16. The van der Waals surface area contributed by atoms with Crippen LogP contribution in [0, 0.1) is 0 Å². The molecule has 0 bridgehead atoms. The summed E-state index contributed by atoms with van der Waals surface area (Å²) in [5.41, 5.74) is 0.125. The topological polar surface area (TPSA) is 53.0 Å². The molecule has 1 atom stereocenters. The number of hydrogen-bond donors (Lipinski definition) is 1. The fraction of sp³-hybridized carbons (Fsp3) is 0.562. The molecular formula is C16H24N2O3. The molecule has 116 valence electrons. The number of aliphatic hydroxyl groups is 1. The van der Waals surface area contributed by atoms with Crippen molar-refractivity contribution in [3.8, 4) is 0 Å². The van der Waals surface area contributed by atoms with Crippen LogP contribution in [-0.2, 0) is 11.3 Å². The summed E-state index contributed by atoms with van der Waals surface area (Å²) in [5, 5.41) is 10.6. The first-order valence-electron chi connectivity index (χ1n) is 7.31. The van der Waals surface area contributed by atoms with Gasteiger partial charge in [0, 0.05) is 13.1 Å². The van der Waals surface area contributed by atoms with E-state index in [1.807, 2.05) is 49.3 Å². The zero-order valence-corrected chi connectivity index (χ0v) is 12.8. The third-order valence-corrected chi connectivity index (χ3v) is 3.63. The summed E-state index contributed by atoms with van der Waals surface area (Å²) < 4.78 is 5.33. The molecule has 0 spiro atoms. The molecule has 0 aromatic heterocycles. The Hall–Kier alpha value is -1.59. The second-order valence-electron chi connectivity index (χ2n) is 6.03. The van der Waals surface area contributed by atoms with Crippen LogP contribution in [0.15, 0.2) is 30.3 Å². The minimum atomic E-state index is -0.840. The Morgan fingerprint density at radius 3 is 2.76 bits per heavy atom. The summed E-state index contributed by atoms with van der Waals surface area (Å²) in [6, 6.07) is 9.61. The van der Waals surface area contributed by atoms with Crippen LogP contribution < -0.4 is 0 Å². The second kappa shape index (κ2) is 6.91. The van der Waals surface area contributed by atoms with Crippen LogP contribution in [0.25, 0.3) is 0 Å². The van der Waals surface area contributed by atoms with Crippen LogP contribution in [0.5, 0.6) is 0 Å². The first-order chi connectivity index (χ1) is 9.98. The van der Waals surface area contributed by atoms with Crippen molar-refractivity contribution in [3.63, 3.8) is 0 Å². The van der Waals surface area contributed by atoms with Crippen LogP contribution in [0.1, 0.15) is 18.4 Å². The lowest BCUT2D eigenvalue weighted by Gasteiger charge is -2.40. The molecule has 1 unspecified atom stereocenters. The van der Waals surface area contributed by atoms with Gasteiger partial charge < -0.3 is 19.6 Å². The van der Waals surface area contributed by atoms with Gasteiger partial charge in [0.05, 0.1) is 12.1 Å². The van der Waals surface area contributed by atoms with E-state index in [9.17, 15) is 9.90 Å². The molecule has 1 amide bonds. The molecule has 1 N–H and O–H groups in total. The molecule has 1 aromatic rings. The predicted octanol–water partition coefficient (Wildman–Crippen LogP) is 1.71. The van der Waals surface area contributed by atoms with Gasteiger partial charge in [-0.3, -0.25) is 0 Å². The van der Waals surface area contributed by atoms with Crippen molar-refractivity contribution in [3.05, 3.63) is 35.9 Å². The van der Waals surface area contributed by atoms with Gasteiger partial charge in [-0.1, -0.05) is 30.3 Å². The quantitative estimate of drug-likeness (QED) is 0.918. The monoisotopic (exact) mass is 292 g/mol. The van der Waals surface area contributed by atoms with Gasteiger partial charge in [-0.15, -0.1) is 0 Å². The van der Waals surface area contributed by atoms with Crippen LogP contribution >= 0.6 is 0 Å². The Bertz CT molecular complexity index is 464. The number of β-amino-alcohol motifs (C(OH)–C–C–N with tert-alkyl or cyclic N) is 1. The summed E-state index contributed by atoms with van der Waals surface area (Å²) >= 11 is 0. The van der Waals surface area contributed by atoms with Crippen LogP contribution in [0.2, 0.25) is 0 Å². The van der Waals surface area contributed by atoms with Crippen molar-refractivity contribution < 1.29 is 14.6 Å². The molecule has 1 aliphatic rings. The number of rotatable bonds is 4. The number of carbonyl (C=O) groups excluding carboxylic acids is 1. The first kappa shape index (κ1) is 15.8. The maximum Gasteiger partial charge on any atom is 0.410 e. The lowest BCUT2D eigenvalue weighted by atomic mass is 9.92. The van der Waals surface area contributed by atoms with Gasteiger partial charge in [-0.25, -0.2) is 4.79 Å². The summed E-state index contributed by atoms with van der Waals surface area (Å²) in [4.78, 5) is 15.7. The zero-order chi connectivity index (χ0) is 15.3. The number of ether oxygens (including phenoxy) is 1. The molecule has 1 aliphatic heterocycles. The van der Waals surface area contributed by atoms with Crippen molar-refractivity contribution in [2.45, 2.75) is 25.0 Å². The zero-order valence-electron chi connectivity index (χ0n) is 12.8. The average Bonchev–Trinajstić information content (AvgIpc) is 2.44. The number of amides is 1. The highest BCUT2D eigenvalue weighted by atomic mass is 16.6. The lowest BCUT2D eigenvalue weighted by molar-refractivity contribution is -0.0443. The van der Waals surface area contributed by atoms with Gasteiger partial charge in [-0.2, -0.15) is 0 Å². The van der Waals surface area contributed by atoms with Crippen molar-refractivity contribution in [1.29, 1.82) is 0 Å². The Kier molecular flexibility index (Phi) is 5.20. The van der Waals surface area contributed by atoms with Crippen molar-refractivity contribution in [1.82, 2.24) is 9.80 Å².